The Balaban J connectivity index is 5.59. The number of hydrogen-bond donors (Lipinski definition) is 7. The Morgan fingerprint density at radius 2 is 1.25 bits per heavy atom. The van der Waals surface area contributed by atoms with Crippen molar-refractivity contribution in [3.8, 4) is 0 Å². The largest absolute Gasteiger partial charge is 0.481 e. The summed E-state index contributed by atoms with van der Waals surface area (Å²) in [5, 5.41) is 33.9. The number of carboxylic acids is 3. The zero-order valence-corrected chi connectivity index (χ0v) is 18.5. The molecule has 3 amide bonds. The quantitative estimate of drug-likeness (QED) is 0.159. The molecule has 5 unspecified atom stereocenters. The molecule has 0 spiro atoms. The number of nitrogens with one attached hydrogen (secondary N) is 3. The highest BCUT2D eigenvalue weighted by Gasteiger charge is 2.34. The van der Waals surface area contributed by atoms with Crippen LogP contribution >= 0.6 is 0 Å². The molecule has 0 radical (unpaired) electrons. The van der Waals surface area contributed by atoms with E-state index in [1.807, 2.05) is 0 Å². The van der Waals surface area contributed by atoms with Crippen LogP contribution in [0.5, 0.6) is 0 Å². The van der Waals surface area contributed by atoms with Crippen LogP contribution in [-0.4, -0.2) is 75.1 Å². The lowest BCUT2D eigenvalue weighted by molar-refractivity contribution is -0.144. The minimum absolute atomic E-state index is 0.400. The maximum atomic E-state index is 12.8. The molecule has 0 rings (SSSR count). The molecule has 0 saturated carbocycles. The Bertz CT molecular complexity index is 726. The molecule has 5 atom stereocenters. The van der Waals surface area contributed by atoms with E-state index in [4.69, 9.17) is 15.9 Å². The fraction of sp³-hybridized carbons (Fsp3) is 0.684. The first-order chi connectivity index (χ1) is 14.7. The Hall–Kier alpha value is -3.22. The molecule has 0 aromatic carbocycles. The molecule has 32 heavy (non-hydrogen) atoms. The number of aliphatic carboxylic acids is 3. The van der Waals surface area contributed by atoms with Crippen LogP contribution in [0.4, 0.5) is 0 Å². The molecule has 0 bridgehead atoms. The first kappa shape index (κ1) is 28.8. The summed E-state index contributed by atoms with van der Waals surface area (Å²) in [6, 6.07) is -5.59. The van der Waals surface area contributed by atoms with Gasteiger partial charge in [0.25, 0.3) is 0 Å². The predicted molar refractivity (Wildman–Crippen MR) is 110 cm³/mol. The highest BCUT2D eigenvalue weighted by atomic mass is 16.4. The van der Waals surface area contributed by atoms with Gasteiger partial charge in [-0.25, -0.2) is 4.79 Å². The third-order valence-corrected chi connectivity index (χ3v) is 4.77. The van der Waals surface area contributed by atoms with Gasteiger partial charge in [0.2, 0.25) is 17.7 Å². The summed E-state index contributed by atoms with van der Waals surface area (Å²) in [6.45, 7) is 6.41. The molecule has 0 saturated heterocycles. The Labute approximate surface area is 185 Å². The topological polar surface area (TPSA) is 225 Å². The molecule has 13 nitrogen and oxygen atoms in total. The Morgan fingerprint density at radius 3 is 1.66 bits per heavy atom. The lowest BCUT2D eigenvalue weighted by Crippen LogP contribution is -2.59. The molecule has 0 aromatic rings. The molecule has 8 N–H and O–H groups in total. The minimum Gasteiger partial charge on any atom is -0.481 e. The fourth-order valence-corrected chi connectivity index (χ4v) is 2.66. The lowest BCUT2D eigenvalue weighted by Gasteiger charge is -2.27. The van der Waals surface area contributed by atoms with Gasteiger partial charge in [-0.2, -0.15) is 0 Å². The predicted octanol–water partition coefficient (Wildman–Crippen LogP) is -1.50. The van der Waals surface area contributed by atoms with Gasteiger partial charge in [-0.1, -0.05) is 34.1 Å². The van der Waals surface area contributed by atoms with Crippen LogP contribution in [0.3, 0.4) is 0 Å². The summed E-state index contributed by atoms with van der Waals surface area (Å²) in [6.07, 6.45) is -1.10. The van der Waals surface area contributed by atoms with Gasteiger partial charge in [0.05, 0.1) is 18.9 Å². The smallest absolute Gasteiger partial charge is 0.326 e. The fourth-order valence-electron chi connectivity index (χ4n) is 2.66. The van der Waals surface area contributed by atoms with Crippen LogP contribution in [-0.2, 0) is 28.8 Å². The van der Waals surface area contributed by atoms with E-state index < -0.39 is 84.5 Å². The first-order valence-corrected chi connectivity index (χ1v) is 10.0. The zero-order valence-electron chi connectivity index (χ0n) is 18.5. The van der Waals surface area contributed by atoms with Crippen LogP contribution < -0.4 is 21.7 Å². The second kappa shape index (κ2) is 13.2. The van der Waals surface area contributed by atoms with Crippen molar-refractivity contribution in [2.75, 3.05) is 0 Å². The van der Waals surface area contributed by atoms with Crippen molar-refractivity contribution >= 4 is 35.6 Å². The maximum Gasteiger partial charge on any atom is 0.326 e. The number of rotatable bonds is 14. The van der Waals surface area contributed by atoms with Crippen molar-refractivity contribution in [3.63, 3.8) is 0 Å². The third-order valence-electron chi connectivity index (χ3n) is 4.77. The van der Waals surface area contributed by atoms with E-state index in [1.54, 1.807) is 27.7 Å². The molecule has 0 aliphatic heterocycles. The summed E-state index contributed by atoms with van der Waals surface area (Å²) in [7, 11) is 0. The molecule has 0 fully saturated rings. The summed E-state index contributed by atoms with van der Waals surface area (Å²) >= 11 is 0. The molecule has 182 valence electrons. The van der Waals surface area contributed by atoms with Gasteiger partial charge in [0.1, 0.15) is 18.1 Å². The van der Waals surface area contributed by atoms with Crippen molar-refractivity contribution < 1.29 is 44.1 Å². The number of carbonyl (C=O) groups is 6. The number of amides is 3. The summed E-state index contributed by atoms with van der Waals surface area (Å²) in [4.78, 5) is 70.8. The van der Waals surface area contributed by atoms with Crippen molar-refractivity contribution in [1.82, 2.24) is 16.0 Å². The average molecular weight is 460 g/mol. The molecule has 13 heteroatoms. The molecular weight excluding hydrogens is 428 g/mol. The summed E-state index contributed by atoms with van der Waals surface area (Å²) in [5.74, 6) is -7.87. The normalized spacial score (nSPS) is 15.6. The van der Waals surface area contributed by atoms with Gasteiger partial charge in [0, 0.05) is 0 Å². The van der Waals surface area contributed by atoms with E-state index >= 15 is 0 Å². The zero-order chi connectivity index (χ0) is 25.2. The van der Waals surface area contributed by atoms with Crippen LogP contribution in [0, 0.1) is 11.8 Å². The second-order valence-electron chi connectivity index (χ2n) is 7.80. The summed E-state index contributed by atoms with van der Waals surface area (Å²) < 4.78 is 0. The maximum absolute atomic E-state index is 12.8. The van der Waals surface area contributed by atoms with E-state index in [2.05, 4.69) is 16.0 Å². The lowest BCUT2D eigenvalue weighted by atomic mass is 9.97. The average Bonchev–Trinajstić information content (AvgIpc) is 2.66. The van der Waals surface area contributed by atoms with Crippen LogP contribution in [0.25, 0.3) is 0 Å². The highest BCUT2D eigenvalue weighted by Crippen LogP contribution is 2.10. The monoisotopic (exact) mass is 460 g/mol. The SMILES string of the molecule is CCC(C)C(NC(=O)C(N)CC(=O)O)C(=O)NC(CC(=O)O)C(=O)NC(C(=O)O)C(C)C. The first-order valence-electron chi connectivity index (χ1n) is 10.0. The van der Waals surface area contributed by atoms with Gasteiger partial charge >= 0.3 is 17.9 Å². The van der Waals surface area contributed by atoms with Gasteiger partial charge in [-0.15, -0.1) is 0 Å². The van der Waals surface area contributed by atoms with E-state index in [-0.39, 0.29) is 0 Å². The van der Waals surface area contributed by atoms with E-state index in [0.717, 1.165) is 0 Å². The molecule has 0 aromatic heterocycles. The number of carbonyl (C=O) groups excluding carboxylic acids is 3. The van der Waals surface area contributed by atoms with E-state index in [9.17, 15) is 33.9 Å². The minimum atomic E-state index is -1.61. The van der Waals surface area contributed by atoms with Crippen molar-refractivity contribution in [2.24, 2.45) is 17.6 Å². The van der Waals surface area contributed by atoms with Gasteiger partial charge in [-0.05, 0) is 11.8 Å². The Kier molecular flexibility index (Phi) is 11.9. The van der Waals surface area contributed by atoms with Crippen molar-refractivity contribution in [3.05, 3.63) is 0 Å². The van der Waals surface area contributed by atoms with Gasteiger partial charge in [0.15, 0.2) is 0 Å². The van der Waals surface area contributed by atoms with Crippen molar-refractivity contribution in [1.29, 1.82) is 0 Å². The van der Waals surface area contributed by atoms with Gasteiger partial charge < -0.3 is 37.0 Å². The van der Waals surface area contributed by atoms with E-state index in [0.29, 0.717) is 6.42 Å². The molecule has 0 aliphatic rings. The molecular formula is C19H32N4O9. The van der Waals surface area contributed by atoms with E-state index in [1.165, 1.54) is 0 Å². The van der Waals surface area contributed by atoms with Crippen LogP contribution in [0.2, 0.25) is 0 Å². The van der Waals surface area contributed by atoms with Crippen LogP contribution in [0.15, 0.2) is 0 Å². The number of carboxylic acid groups (broad SMARTS) is 3. The van der Waals surface area contributed by atoms with Crippen molar-refractivity contribution in [2.45, 2.75) is 71.1 Å². The third kappa shape index (κ3) is 9.73. The van der Waals surface area contributed by atoms with Gasteiger partial charge in [-0.3, -0.25) is 24.0 Å². The van der Waals surface area contributed by atoms with Crippen LogP contribution in [0.1, 0.15) is 47.0 Å². The number of nitrogens with two attached hydrogens (primary N) is 1. The molecule has 0 heterocycles. The number of hydrogen-bond acceptors (Lipinski definition) is 7. The summed E-state index contributed by atoms with van der Waals surface area (Å²) in [5.41, 5.74) is 5.51. The molecule has 0 aliphatic carbocycles. The second-order valence-corrected chi connectivity index (χ2v) is 7.80. The Morgan fingerprint density at radius 1 is 0.750 bits per heavy atom. The standard InChI is InChI=1S/C19H32N4O9/c1-5-9(4)15(23-16(28)10(20)6-12(24)25)18(30)21-11(7-13(26)27)17(29)22-14(8(2)3)19(31)32/h8-11,14-15H,5-7,20H2,1-4H3,(H,21,30)(H,22,29)(H,23,28)(H,24,25)(H,26,27)(H,31,32). The highest BCUT2D eigenvalue weighted by molar-refractivity contribution is 5.96.